The summed E-state index contributed by atoms with van der Waals surface area (Å²) in [4.78, 5) is 9.94. The summed E-state index contributed by atoms with van der Waals surface area (Å²) in [6, 6.07) is 10.7. The van der Waals surface area contributed by atoms with Gasteiger partial charge >= 0.3 is 5.97 Å². The van der Waals surface area contributed by atoms with Crippen molar-refractivity contribution in [2.24, 2.45) is 0 Å². The van der Waals surface area contributed by atoms with Gasteiger partial charge in [0.25, 0.3) is 0 Å². The van der Waals surface area contributed by atoms with Crippen molar-refractivity contribution in [1.82, 2.24) is 4.72 Å². The number of halogens is 2. The number of carboxylic acids is 1. The molecule has 0 aliphatic rings. The molecular formula is C17H17F2NO5S. The molecule has 0 radical (unpaired) electrons. The fourth-order valence-electron chi connectivity index (χ4n) is 2.16. The highest BCUT2D eigenvalue weighted by Gasteiger charge is 2.26. The second-order valence-electron chi connectivity index (χ2n) is 5.33. The van der Waals surface area contributed by atoms with Crippen molar-refractivity contribution in [3.63, 3.8) is 0 Å². The van der Waals surface area contributed by atoms with Crippen molar-refractivity contribution >= 4 is 16.0 Å². The maximum atomic E-state index is 14.0. The number of hydrogen-bond acceptors (Lipinski definition) is 4. The van der Waals surface area contributed by atoms with E-state index in [2.05, 4.69) is 4.72 Å². The van der Waals surface area contributed by atoms with E-state index < -0.39 is 38.1 Å². The van der Waals surface area contributed by atoms with Crippen LogP contribution in [-0.2, 0) is 21.4 Å². The van der Waals surface area contributed by atoms with Gasteiger partial charge in [0.05, 0.1) is 6.61 Å². The van der Waals surface area contributed by atoms with Gasteiger partial charge in [0.2, 0.25) is 10.0 Å². The second-order valence-corrected chi connectivity index (χ2v) is 7.06. The van der Waals surface area contributed by atoms with Gasteiger partial charge in [-0.1, -0.05) is 30.3 Å². The summed E-state index contributed by atoms with van der Waals surface area (Å²) in [7, 11) is -4.31. The van der Waals surface area contributed by atoms with E-state index in [1.807, 2.05) is 30.3 Å². The smallest absolute Gasteiger partial charge is 0.341 e. The SMILES string of the molecule is O=C(O)c1c(F)ccc(S(=O)(=O)NCCCOCc2ccccc2)c1F. The predicted molar refractivity (Wildman–Crippen MR) is 89.2 cm³/mol. The van der Waals surface area contributed by atoms with E-state index in [9.17, 15) is 22.0 Å². The minimum atomic E-state index is -4.31. The van der Waals surface area contributed by atoms with Crippen molar-refractivity contribution < 1.29 is 31.8 Å². The van der Waals surface area contributed by atoms with E-state index in [4.69, 9.17) is 9.84 Å². The third-order valence-corrected chi connectivity index (χ3v) is 4.91. The van der Waals surface area contributed by atoms with Gasteiger partial charge in [-0.3, -0.25) is 0 Å². The highest BCUT2D eigenvalue weighted by Crippen LogP contribution is 2.21. The molecule has 0 spiro atoms. The van der Waals surface area contributed by atoms with Gasteiger partial charge in [0.1, 0.15) is 16.3 Å². The van der Waals surface area contributed by atoms with Crippen LogP contribution >= 0.6 is 0 Å². The van der Waals surface area contributed by atoms with Gasteiger partial charge < -0.3 is 9.84 Å². The average Bonchev–Trinajstić information content (AvgIpc) is 2.58. The summed E-state index contributed by atoms with van der Waals surface area (Å²) in [5.41, 5.74) is -0.332. The van der Waals surface area contributed by atoms with Gasteiger partial charge in [0.15, 0.2) is 5.82 Å². The summed E-state index contributed by atoms with van der Waals surface area (Å²) in [6.45, 7) is 0.599. The monoisotopic (exact) mass is 385 g/mol. The highest BCUT2D eigenvalue weighted by atomic mass is 32.2. The van der Waals surface area contributed by atoms with Crippen molar-refractivity contribution in [2.75, 3.05) is 13.2 Å². The minimum absolute atomic E-state index is 0.0453. The van der Waals surface area contributed by atoms with Crippen LogP contribution in [-0.4, -0.2) is 32.6 Å². The number of nitrogens with one attached hydrogen (secondary N) is 1. The minimum Gasteiger partial charge on any atom is -0.477 e. The van der Waals surface area contributed by atoms with Gasteiger partial charge in [-0.25, -0.2) is 26.7 Å². The maximum absolute atomic E-state index is 14.0. The molecular weight excluding hydrogens is 368 g/mol. The van der Waals surface area contributed by atoms with Crippen LogP contribution < -0.4 is 4.72 Å². The van der Waals surface area contributed by atoms with E-state index in [1.54, 1.807) is 0 Å². The number of carbonyl (C=O) groups is 1. The largest absolute Gasteiger partial charge is 0.477 e. The van der Waals surface area contributed by atoms with Crippen LogP contribution in [0.3, 0.4) is 0 Å². The van der Waals surface area contributed by atoms with Crippen LogP contribution in [0, 0.1) is 11.6 Å². The fourth-order valence-corrected chi connectivity index (χ4v) is 3.31. The Morgan fingerprint density at radius 2 is 1.81 bits per heavy atom. The zero-order valence-corrected chi connectivity index (χ0v) is 14.4. The topological polar surface area (TPSA) is 92.7 Å². The van der Waals surface area contributed by atoms with E-state index in [0.717, 1.165) is 5.56 Å². The zero-order valence-electron chi connectivity index (χ0n) is 13.6. The van der Waals surface area contributed by atoms with Crippen LogP contribution in [0.2, 0.25) is 0 Å². The Balaban J connectivity index is 1.89. The molecule has 0 unspecified atom stereocenters. The fraction of sp³-hybridized carbons (Fsp3) is 0.235. The molecule has 0 heterocycles. The van der Waals surface area contributed by atoms with E-state index in [1.165, 1.54) is 0 Å². The molecule has 9 heteroatoms. The molecule has 2 rings (SSSR count). The summed E-state index contributed by atoms with van der Waals surface area (Å²) in [5, 5.41) is 8.79. The quantitative estimate of drug-likeness (QED) is 0.647. The Morgan fingerprint density at radius 1 is 1.12 bits per heavy atom. The Hall–Kier alpha value is -2.36. The molecule has 6 nitrogen and oxygen atoms in total. The van der Waals surface area contributed by atoms with Crippen LogP contribution in [0.15, 0.2) is 47.4 Å². The molecule has 2 aromatic carbocycles. The highest BCUT2D eigenvalue weighted by molar-refractivity contribution is 7.89. The van der Waals surface area contributed by atoms with Crippen LogP contribution in [0.25, 0.3) is 0 Å². The third-order valence-electron chi connectivity index (χ3n) is 3.43. The summed E-state index contributed by atoms with van der Waals surface area (Å²) >= 11 is 0. The molecule has 0 saturated carbocycles. The Bertz CT molecular complexity index is 872. The molecule has 2 aromatic rings. The van der Waals surface area contributed by atoms with Crippen LogP contribution in [0.5, 0.6) is 0 Å². The van der Waals surface area contributed by atoms with Crippen LogP contribution in [0.1, 0.15) is 22.3 Å². The van der Waals surface area contributed by atoms with E-state index in [0.29, 0.717) is 25.2 Å². The average molecular weight is 385 g/mol. The first-order valence-corrected chi connectivity index (χ1v) is 9.14. The lowest BCUT2D eigenvalue weighted by Gasteiger charge is -2.10. The van der Waals surface area contributed by atoms with E-state index >= 15 is 0 Å². The molecule has 0 atom stereocenters. The summed E-state index contributed by atoms with van der Waals surface area (Å²) < 4.78 is 59.1. The molecule has 0 saturated heterocycles. The Kier molecular flexibility index (Phi) is 6.78. The van der Waals surface area contributed by atoms with Crippen molar-refractivity contribution in [3.8, 4) is 0 Å². The first kappa shape index (κ1) is 20.0. The van der Waals surface area contributed by atoms with Gasteiger partial charge in [-0.2, -0.15) is 0 Å². The number of carboxylic acid groups (broad SMARTS) is 1. The molecule has 0 fully saturated rings. The third kappa shape index (κ3) is 5.07. The molecule has 0 aliphatic heterocycles. The lowest BCUT2D eigenvalue weighted by molar-refractivity contribution is 0.0685. The van der Waals surface area contributed by atoms with Crippen molar-refractivity contribution in [2.45, 2.75) is 17.9 Å². The molecule has 0 amide bonds. The van der Waals surface area contributed by atoms with Crippen molar-refractivity contribution in [1.29, 1.82) is 0 Å². The van der Waals surface area contributed by atoms with E-state index in [-0.39, 0.29) is 13.2 Å². The molecule has 0 aliphatic carbocycles. The van der Waals surface area contributed by atoms with Gasteiger partial charge in [-0.15, -0.1) is 0 Å². The normalized spacial score (nSPS) is 11.5. The first-order valence-electron chi connectivity index (χ1n) is 7.65. The molecule has 0 bridgehead atoms. The lowest BCUT2D eigenvalue weighted by atomic mass is 10.2. The number of benzene rings is 2. The van der Waals surface area contributed by atoms with Gasteiger partial charge in [0, 0.05) is 13.2 Å². The summed E-state index contributed by atoms with van der Waals surface area (Å²) in [5.74, 6) is -4.86. The van der Waals surface area contributed by atoms with Crippen molar-refractivity contribution in [3.05, 3.63) is 65.2 Å². The Labute approximate surface area is 149 Å². The first-order chi connectivity index (χ1) is 12.3. The summed E-state index contributed by atoms with van der Waals surface area (Å²) in [6.07, 6.45) is 0.320. The standard InChI is InChI=1S/C17H17F2NO5S/c18-13-7-8-14(16(19)15(13)17(21)22)26(23,24)20-9-4-10-25-11-12-5-2-1-3-6-12/h1-3,5-8,20H,4,9-11H2,(H,21,22). The number of rotatable bonds is 9. The number of aromatic carboxylic acids is 1. The number of hydrogen-bond donors (Lipinski definition) is 2. The molecule has 2 N–H and O–H groups in total. The number of ether oxygens (including phenoxy) is 1. The predicted octanol–water partition coefficient (Wildman–Crippen LogP) is 2.55. The van der Waals surface area contributed by atoms with Crippen LogP contribution in [0.4, 0.5) is 8.78 Å². The maximum Gasteiger partial charge on any atom is 0.341 e. The molecule has 140 valence electrons. The zero-order chi connectivity index (χ0) is 19.2. The molecule has 0 aromatic heterocycles. The molecule has 26 heavy (non-hydrogen) atoms. The Morgan fingerprint density at radius 3 is 2.46 bits per heavy atom. The second kappa shape index (κ2) is 8.84. The lowest BCUT2D eigenvalue weighted by Crippen LogP contribution is -2.27. The van der Waals surface area contributed by atoms with Gasteiger partial charge in [-0.05, 0) is 24.1 Å². The number of sulfonamides is 1.